The average molecular weight is 461 g/mol. The van der Waals surface area contributed by atoms with Crippen molar-refractivity contribution in [2.75, 3.05) is 0 Å². The highest BCUT2D eigenvalue weighted by Gasteiger charge is 2.38. The van der Waals surface area contributed by atoms with Gasteiger partial charge in [0.2, 0.25) is 11.8 Å². The minimum atomic E-state index is -1.50. The lowest BCUT2D eigenvalue weighted by Crippen LogP contribution is -2.53. The van der Waals surface area contributed by atoms with Gasteiger partial charge in [-0.15, -0.1) is 0 Å². The van der Waals surface area contributed by atoms with Crippen molar-refractivity contribution >= 4 is 23.8 Å². The zero-order valence-corrected chi connectivity index (χ0v) is 19.8. The van der Waals surface area contributed by atoms with Crippen molar-refractivity contribution in [3.05, 3.63) is 29.3 Å². The van der Waals surface area contributed by atoms with E-state index in [0.29, 0.717) is 5.56 Å². The van der Waals surface area contributed by atoms with E-state index in [1.807, 2.05) is 0 Å². The summed E-state index contributed by atoms with van der Waals surface area (Å²) in [5.74, 6) is -2.72. The number of aryl methyl sites for hydroxylation is 1. The largest absolute Gasteiger partial charge is 0.507 e. The van der Waals surface area contributed by atoms with Crippen molar-refractivity contribution < 1.29 is 29.0 Å². The summed E-state index contributed by atoms with van der Waals surface area (Å²) >= 11 is 0. The fraction of sp³-hybridized carbons (Fsp3) is 0.478. The molecule has 0 saturated carbocycles. The van der Waals surface area contributed by atoms with Crippen LogP contribution in [0.4, 0.5) is 4.79 Å². The number of nitrogens with zero attached hydrogens (tertiary/aromatic N) is 1. The molecule has 1 rings (SSSR count). The summed E-state index contributed by atoms with van der Waals surface area (Å²) in [5, 5.41) is 15.5. The Hall–Kier alpha value is -3.74. The van der Waals surface area contributed by atoms with E-state index in [4.69, 9.17) is 16.9 Å². The fourth-order valence-electron chi connectivity index (χ4n) is 2.95. The molecule has 180 valence electrons. The van der Waals surface area contributed by atoms with Crippen LogP contribution in [0.15, 0.2) is 18.2 Å². The number of aromatic hydroxyl groups is 1. The van der Waals surface area contributed by atoms with E-state index in [0.717, 1.165) is 4.90 Å². The zero-order valence-electron chi connectivity index (χ0n) is 19.8. The normalized spacial score (nSPS) is 12.8. The number of nitrogens with two attached hydrogens (primary N) is 1. The standard InChI is InChI=1S/C23H32N4O6/c1-8-27(21(31)16(12-17(24)28)26-22(32)33-23(5,6)7)18(20(30)25-13(2)3)15-11-9-10-14(4)19(15)29/h1,9-11,13,16,18,29H,12H2,2-7H3,(H2,24,28)(H,25,30)(H,26,32). The van der Waals surface area contributed by atoms with Gasteiger partial charge in [-0.1, -0.05) is 24.6 Å². The Bertz CT molecular complexity index is 945. The van der Waals surface area contributed by atoms with Gasteiger partial charge in [0.1, 0.15) is 17.4 Å². The van der Waals surface area contributed by atoms with Crippen molar-refractivity contribution in [2.24, 2.45) is 5.73 Å². The average Bonchev–Trinajstić information content (AvgIpc) is 2.65. The molecule has 0 heterocycles. The molecule has 0 aliphatic carbocycles. The third kappa shape index (κ3) is 8.03. The summed E-state index contributed by atoms with van der Waals surface area (Å²) in [4.78, 5) is 51.0. The number of ether oxygens (including phenoxy) is 1. The topological polar surface area (TPSA) is 151 Å². The molecule has 0 aliphatic rings. The number of primary amides is 1. The molecule has 0 radical (unpaired) electrons. The van der Waals surface area contributed by atoms with E-state index >= 15 is 0 Å². The fourth-order valence-corrected chi connectivity index (χ4v) is 2.95. The van der Waals surface area contributed by atoms with Crippen LogP contribution in [0.2, 0.25) is 0 Å². The molecule has 5 N–H and O–H groups in total. The lowest BCUT2D eigenvalue weighted by atomic mass is 9.99. The molecule has 0 bridgehead atoms. The Morgan fingerprint density at radius 3 is 2.30 bits per heavy atom. The van der Waals surface area contributed by atoms with Crippen molar-refractivity contribution in [3.8, 4) is 18.2 Å². The van der Waals surface area contributed by atoms with Gasteiger partial charge < -0.3 is 26.2 Å². The number of para-hydroxylation sites is 1. The Kier molecular flexibility index (Phi) is 9.28. The van der Waals surface area contributed by atoms with Gasteiger partial charge in [0.25, 0.3) is 5.91 Å². The second-order valence-corrected chi connectivity index (χ2v) is 8.79. The van der Waals surface area contributed by atoms with Crippen LogP contribution in [0.3, 0.4) is 0 Å². The second-order valence-electron chi connectivity index (χ2n) is 8.79. The highest BCUT2D eigenvalue weighted by molar-refractivity contribution is 5.95. The van der Waals surface area contributed by atoms with E-state index in [1.54, 1.807) is 53.7 Å². The molecule has 4 amide bonds. The molecule has 33 heavy (non-hydrogen) atoms. The quantitative estimate of drug-likeness (QED) is 0.340. The maximum Gasteiger partial charge on any atom is 0.408 e. The molecule has 1 aromatic carbocycles. The molecule has 0 saturated heterocycles. The molecule has 2 atom stereocenters. The first-order valence-electron chi connectivity index (χ1n) is 10.3. The van der Waals surface area contributed by atoms with Crippen molar-refractivity contribution in [2.45, 2.75) is 71.7 Å². The molecule has 10 nitrogen and oxygen atoms in total. The monoisotopic (exact) mass is 460 g/mol. The number of carbonyl (C=O) groups is 4. The summed E-state index contributed by atoms with van der Waals surface area (Å²) in [6.45, 7) is 9.92. The van der Waals surface area contributed by atoms with Crippen LogP contribution >= 0.6 is 0 Å². The number of terminal acetylenes is 1. The van der Waals surface area contributed by atoms with Crippen molar-refractivity contribution in [1.29, 1.82) is 0 Å². The van der Waals surface area contributed by atoms with E-state index in [-0.39, 0.29) is 17.4 Å². The number of benzene rings is 1. The number of nitrogens with one attached hydrogen (secondary N) is 2. The van der Waals surface area contributed by atoms with Crippen molar-refractivity contribution in [3.63, 3.8) is 0 Å². The van der Waals surface area contributed by atoms with Crippen LogP contribution in [0.25, 0.3) is 0 Å². The van der Waals surface area contributed by atoms with Gasteiger partial charge in [0, 0.05) is 17.6 Å². The van der Waals surface area contributed by atoms with Gasteiger partial charge in [0.15, 0.2) is 6.04 Å². The van der Waals surface area contributed by atoms with Gasteiger partial charge in [-0.25, -0.2) is 4.79 Å². The Morgan fingerprint density at radius 1 is 1.21 bits per heavy atom. The molecular formula is C23H32N4O6. The van der Waals surface area contributed by atoms with E-state index in [2.05, 4.69) is 16.7 Å². The first-order chi connectivity index (χ1) is 15.2. The second kappa shape index (κ2) is 11.2. The summed E-state index contributed by atoms with van der Waals surface area (Å²) in [6.07, 6.45) is 4.04. The van der Waals surface area contributed by atoms with Gasteiger partial charge in [-0.2, -0.15) is 0 Å². The minimum absolute atomic E-state index is 0.0783. The third-order valence-electron chi connectivity index (χ3n) is 4.27. The Morgan fingerprint density at radius 2 is 1.82 bits per heavy atom. The maximum absolute atomic E-state index is 13.4. The van der Waals surface area contributed by atoms with Gasteiger partial charge in [-0.05, 0) is 47.1 Å². The van der Waals surface area contributed by atoms with E-state index in [9.17, 15) is 24.3 Å². The van der Waals surface area contributed by atoms with Crippen LogP contribution in [-0.2, 0) is 19.1 Å². The SMILES string of the molecule is C#CN(C(=O)C(CC(N)=O)NC(=O)OC(C)(C)C)C(C(=O)NC(C)C)c1cccc(C)c1O. The number of phenols is 1. The van der Waals surface area contributed by atoms with Crippen molar-refractivity contribution in [1.82, 2.24) is 15.5 Å². The van der Waals surface area contributed by atoms with Crippen LogP contribution in [0.1, 0.15) is 58.2 Å². The lowest BCUT2D eigenvalue weighted by Gasteiger charge is -2.31. The summed E-state index contributed by atoms with van der Waals surface area (Å²) in [5.41, 5.74) is 4.92. The number of amides is 4. The molecule has 10 heteroatoms. The number of hydrogen-bond acceptors (Lipinski definition) is 6. The molecule has 1 aromatic rings. The highest BCUT2D eigenvalue weighted by atomic mass is 16.6. The predicted molar refractivity (Wildman–Crippen MR) is 122 cm³/mol. The zero-order chi connectivity index (χ0) is 25.5. The first-order valence-corrected chi connectivity index (χ1v) is 10.3. The number of carbonyl (C=O) groups excluding carboxylic acids is 4. The van der Waals surface area contributed by atoms with E-state index in [1.165, 1.54) is 6.07 Å². The number of hydrogen-bond donors (Lipinski definition) is 4. The van der Waals surface area contributed by atoms with Gasteiger partial charge in [-0.3, -0.25) is 19.3 Å². The van der Waals surface area contributed by atoms with E-state index < -0.39 is 47.9 Å². The van der Waals surface area contributed by atoms with Crippen LogP contribution < -0.4 is 16.4 Å². The highest BCUT2D eigenvalue weighted by Crippen LogP contribution is 2.32. The minimum Gasteiger partial charge on any atom is -0.507 e. The van der Waals surface area contributed by atoms with Crippen LogP contribution in [0.5, 0.6) is 5.75 Å². The Labute approximate surface area is 193 Å². The molecular weight excluding hydrogens is 428 g/mol. The number of phenolic OH excluding ortho intramolecular Hbond substituents is 1. The Balaban J connectivity index is 3.46. The summed E-state index contributed by atoms with van der Waals surface area (Å²) in [7, 11) is 0. The van der Waals surface area contributed by atoms with Gasteiger partial charge >= 0.3 is 6.09 Å². The third-order valence-corrected chi connectivity index (χ3v) is 4.27. The number of alkyl carbamates (subject to hydrolysis) is 1. The number of rotatable bonds is 8. The molecule has 2 unspecified atom stereocenters. The first kappa shape index (κ1) is 27.3. The lowest BCUT2D eigenvalue weighted by molar-refractivity contribution is -0.139. The maximum atomic E-state index is 13.4. The van der Waals surface area contributed by atoms with Crippen LogP contribution in [-0.4, -0.2) is 51.5 Å². The predicted octanol–water partition coefficient (Wildman–Crippen LogP) is 1.45. The molecule has 0 aromatic heterocycles. The van der Waals surface area contributed by atoms with Gasteiger partial charge in [0.05, 0.1) is 6.42 Å². The molecule has 0 spiro atoms. The van der Waals surface area contributed by atoms with Crippen LogP contribution in [0, 0.1) is 19.4 Å². The summed E-state index contributed by atoms with van der Waals surface area (Å²) < 4.78 is 5.15. The summed E-state index contributed by atoms with van der Waals surface area (Å²) in [6, 6.07) is 3.57. The molecule has 0 aliphatic heterocycles. The smallest absolute Gasteiger partial charge is 0.408 e. The molecule has 0 fully saturated rings.